The topological polar surface area (TPSA) is 26.3 Å². The summed E-state index contributed by atoms with van der Waals surface area (Å²) in [6, 6.07) is 5.18. The van der Waals surface area contributed by atoms with Crippen LogP contribution in [-0.4, -0.2) is 18.5 Å². The smallest absolute Gasteiger partial charge is 0.168 e. The number of carbonyl (C=O) groups excluding carboxylic acids is 1. The highest BCUT2D eigenvalue weighted by Crippen LogP contribution is 2.23. The molecular formula is C12H14Cl2O2. The number of ether oxygens (including phenoxy) is 1. The van der Waals surface area contributed by atoms with E-state index in [4.69, 9.17) is 27.9 Å². The fraction of sp³-hybridized carbons (Fsp3) is 0.417. The maximum absolute atomic E-state index is 11.9. The third-order valence-electron chi connectivity index (χ3n) is 2.53. The Morgan fingerprint density at radius 3 is 2.44 bits per heavy atom. The van der Waals surface area contributed by atoms with Crippen LogP contribution >= 0.6 is 23.2 Å². The van der Waals surface area contributed by atoms with Gasteiger partial charge in [0.15, 0.2) is 5.78 Å². The van der Waals surface area contributed by atoms with E-state index in [-0.39, 0.29) is 12.2 Å². The Kier molecular flexibility index (Phi) is 4.36. The molecule has 1 aromatic rings. The Morgan fingerprint density at radius 2 is 1.94 bits per heavy atom. The van der Waals surface area contributed by atoms with E-state index >= 15 is 0 Å². The van der Waals surface area contributed by atoms with E-state index < -0.39 is 5.60 Å². The predicted molar refractivity (Wildman–Crippen MR) is 66.3 cm³/mol. The molecule has 0 spiro atoms. The zero-order chi connectivity index (χ0) is 12.3. The second-order valence-corrected chi connectivity index (χ2v) is 4.88. The van der Waals surface area contributed by atoms with Crippen molar-refractivity contribution in [3.05, 3.63) is 33.8 Å². The zero-order valence-corrected chi connectivity index (χ0v) is 11.0. The van der Waals surface area contributed by atoms with Crippen LogP contribution in [0.3, 0.4) is 0 Å². The van der Waals surface area contributed by atoms with Crippen molar-refractivity contribution < 1.29 is 9.53 Å². The van der Waals surface area contributed by atoms with Crippen LogP contribution in [0, 0.1) is 0 Å². The van der Waals surface area contributed by atoms with Crippen molar-refractivity contribution in [2.45, 2.75) is 25.9 Å². The molecule has 0 N–H and O–H groups in total. The van der Waals surface area contributed by atoms with Crippen molar-refractivity contribution in [2.75, 3.05) is 7.11 Å². The van der Waals surface area contributed by atoms with Crippen LogP contribution in [0.1, 0.15) is 19.4 Å². The summed E-state index contributed by atoms with van der Waals surface area (Å²) in [5.74, 6) is 0.00777. The van der Waals surface area contributed by atoms with Gasteiger partial charge in [0.2, 0.25) is 0 Å². The second kappa shape index (κ2) is 5.17. The Balaban J connectivity index is 2.82. The van der Waals surface area contributed by atoms with Crippen molar-refractivity contribution in [3.63, 3.8) is 0 Å². The van der Waals surface area contributed by atoms with Gasteiger partial charge in [0.1, 0.15) is 5.60 Å². The Hall–Kier alpha value is -0.570. The summed E-state index contributed by atoms with van der Waals surface area (Å²) >= 11 is 11.7. The SMILES string of the molecule is COC(C)(C)C(=O)Cc1ccc(Cl)c(Cl)c1. The third-order valence-corrected chi connectivity index (χ3v) is 3.27. The van der Waals surface area contributed by atoms with Gasteiger partial charge in [-0.15, -0.1) is 0 Å². The van der Waals surface area contributed by atoms with Crippen LogP contribution in [0.4, 0.5) is 0 Å². The Bertz CT molecular complexity index is 400. The lowest BCUT2D eigenvalue weighted by atomic mass is 9.97. The lowest BCUT2D eigenvalue weighted by Crippen LogP contribution is -2.35. The van der Waals surface area contributed by atoms with Gasteiger partial charge < -0.3 is 4.74 Å². The standard InChI is InChI=1S/C12H14Cl2O2/c1-12(2,16-3)11(15)7-8-4-5-9(13)10(14)6-8/h4-6H,7H2,1-3H3. The summed E-state index contributed by atoms with van der Waals surface area (Å²) < 4.78 is 5.12. The van der Waals surface area contributed by atoms with E-state index in [1.165, 1.54) is 7.11 Å². The first-order chi connectivity index (χ1) is 7.36. The maximum atomic E-state index is 11.9. The molecule has 0 unspecified atom stereocenters. The quantitative estimate of drug-likeness (QED) is 0.828. The Labute approximate surface area is 106 Å². The summed E-state index contributed by atoms with van der Waals surface area (Å²) in [5.41, 5.74) is 0.0658. The number of ketones is 1. The van der Waals surface area contributed by atoms with Crippen LogP contribution in [0.5, 0.6) is 0 Å². The average molecular weight is 261 g/mol. The third kappa shape index (κ3) is 3.21. The highest BCUT2D eigenvalue weighted by atomic mass is 35.5. The number of hydrogen-bond acceptors (Lipinski definition) is 2. The van der Waals surface area contributed by atoms with E-state index in [2.05, 4.69) is 0 Å². The molecule has 0 aliphatic heterocycles. The van der Waals surface area contributed by atoms with Gasteiger partial charge in [0.25, 0.3) is 0 Å². The van der Waals surface area contributed by atoms with Crippen LogP contribution < -0.4 is 0 Å². The van der Waals surface area contributed by atoms with E-state index in [9.17, 15) is 4.79 Å². The number of rotatable bonds is 4. The van der Waals surface area contributed by atoms with Crippen LogP contribution in [0.2, 0.25) is 10.0 Å². The van der Waals surface area contributed by atoms with E-state index in [1.807, 2.05) is 0 Å². The van der Waals surface area contributed by atoms with E-state index in [1.54, 1.807) is 32.0 Å². The lowest BCUT2D eigenvalue weighted by molar-refractivity contribution is -0.136. The molecule has 0 bridgehead atoms. The summed E-state index contributed by atoms with van der Waals surface area (Å²) in [6.07, 6.45) is 0.289. The molecule has 0 heterocycles. The summed E-state index contributed by atoms with van der Waals surface area (Å²) in [6.45, 7) is 3.49. The maximum Gasteiger partial charge on any atom is 0.168 e. The number of halogens is 2. The first kappa shape index (κ1) is 13.5. The zero-order valence-electron chi connectivity index (χ0n) is 9.51. The molecule has 0 radical (unpaired) electrons. The fourth-order valence-corrected chi connectivity index (χ4v) is 1.48. The second-order valence-electron chi connectivity index (χ2n) is 4.06. The molecule has 0 atom stereocenters. The molecule has 0 amide bonds. The summed E-state index contributed by atoms with van der Waals surface area (Å²) in [4.78, 5) is 11.9. The van der Waals surface area contributed by atoms with Crippen molar-refractivity contribution in [1.29, 1.82) is 0 Å². The molecular weight excluding hydrogens is 247 g/mol. The number of Topliss-reactive ketones (excluding diaryl/α,β-unsaturated/α-hetero) is 1. The fourth-order valence-electron chi connectivity index (χ4n) is 1.16. The number of methoxy groups -OCH3 is 1. The summed E-state index contributed by atoms with van der Waals surface area (Å²) in [5, 5.41) is 0.950. The van der Waals surface area contributed by atoms with Gasteiger partial charge in [-0.3, -0.25) is 4.79 Å². The minimum absolute atomic E-state index is 0.00777. The average Bonchev–Trinajstić information content (AvgIpc) is 2.23. The molecule has 0 aliphatic carbocycles. The highest BCUT2D eigenvalue weighted by molar-refractivity contribution is 6.42. The molecule has 1 aromatic carbocycles. The number of benzene rings is 1. The number of carbonyl (C=O) groups is 1. The lowest BCUT2D eigenvalue weighted by Gasteiger charge is -2.21. The molecule has 0 fully saturated rings. The highest BCUT2D eigenvalue weighted by Gasteiger charge is 2.26. The molecule has 0 saturated carbocycles. The molecule has 1 rings (SSSR count). The van der Waals surface area contributed by atoms with Gasteiger partial charge in [-0.25, -0.2) is 0 Å². The molecule has 0 aliphatic rings. The monoisotopic (exact) mass is 260 g/mol. The van der Waals surface area contributed by atoms with Crippen molar-refractivity contribution >= 4 is 29.0 Å². The van der Waals surface area contributed by atoms with Crippen LogP contribution in [0.15, 0.2) is 18.2 Å². The molecule has 2 nitrogen and oxygen atoms in total. The first-order valence-corrected chi connectivity index (χ1v) is 5.65. The minimum atomic E-state index is -0.772. The van der Waals surface area contributed by atoms with Gasteiger partial charge >= 0.3 is 0 Å². The minimum Gasteiger partial charge on any atom is -0.371 e. The molecule has 0 aromatic heterocycles. The van der Waals surface area contributed by atoms with Gasteiger partial charge in [0.05, 0.1) is 10.0 Å². The van der Waals surface area contributed by atoms with Gasteiger partial charge in [0, 0.05) is 13.5 Å². The first-order valence-electron chi connectivity index (χ1n) is 4.89. The molecule has 88 valence electrons. The van der Waals surface area contributed by atoms with E-state index in [0.29, 0.717) is 10.0 Å². The Morgan fingerprint density at radius 1 is 1.31 bits per heavy atom. The molecule has 0 saturated heterocycles. The van der Waals surface area contributed by atoms with Gasteiger partial charge in [-0.2, -0.15) is 0 Å². The van der Waals surface area contributed by atoms with Crippen molar-refractivity contribution in [1.82, 2.24) is 0 Å². The van der Waals surface area contributed by atoms with Crippen LogP contribution in [-0.2, 0) is 16.0 Å². The predicted octanol–water partition coefficient (Wildman–Crippen LogP) is 3.53. The largest absolute Gasteiger partial charge is 0.371 e. The summed E-state index contributed by atoms with van der Waals surface area (Å²) in [7, 11) is 1.52. The van der Waals surface area contributed by atoms with Crippen molar-refractivity contribution in [2.24, 2.45) is 0 Å². The number of hydrogen-bond donors (Lipinski definition) is 0. The van der Waals surface area contributed by atoms with Gasteiger partial charge in [-0.1, -0.05) is 29.3 Å². The molecule has 16 heavy (non-hydrogen) atoms. The van der Waals surface area contributed by atoms with Crippen molar-refractivity contribution in [3.8, 4) is 0 Å². The van der Waals surface area contributed by atoms with Crippen LogP contribution in [0.25, 0.3) is 0 Å². The van der Waals surface area contributed by atoms with Gasteiger partial charge in [-0.05, 0) is 31.5 Å². The van der Waals surface area contributed by atoms with E-state index in [0.717, 1.165) is 5.56 Å². The normalized spacial score (nSPS) is 11.6. The molecule has 4 heteroatoms.